The van der Waals surface area contributed by atoms with E-state index >= 15 is 0 Å². The Morgan fingerprint density at radius 1 is 1.10 bits per heavy atom. The summed E-state index contributed by atoms with van der Waals surface area (Å²) in [4.78, 5) is 13.1. The fourth-order valence-corrected chi connectivity index (χ4v) is 5.07. The summed E-state index contributed by atoms with van der Waals surface area (Å²) >= 11 is 0. The number of imidazole rings is 1. The number of fused-ring (bicyclic) bond motifs is 1. The van der Waals surface area contributed by atoms with Crippen molar-refractivity contribution in [2.45, 2.75) is 52.7 Å². The van der Waals surface area contributed by atoms with Gasteiger partial charge in [-0.1, -0.05) is 57.5 Å². The van der Waals surface area contributed by atoms with Crippen LogP contribution in [0.3, 0.4) is 0 Å². The van der Waals surface area contributed by atoms with Crippen LogP contribution in [0.5, 0.6) is 0 Å². The molecule has 4 nitrogen and oxygen atoms in total. The predicted molar refractivity (Wildman–Crippen MR) is 120 cm³/mol. The Bertz CT molecular complexity index is 1020. The Hall–Kier alpha value is -2.62. The smallest absolute Gasteiger partial charge is 0.348 e. The van der Waals surface area contributed by atoms with E-state index in [0.29, 0.717) is 17.8 Å². The van der Waals surface area contributed by atoms with Crippen LogP contribution in [0.1, 0.15) is 40.0 Å². The van der Waals surface area contributed by atoms with Gasteiger partial charge in [-0.2, -0.15) is 0 Å². The number of carbonyl (C=O) groups is 1. The van der Waals surface area contributed by atoms with Crippen molar-refractivity contribution < 1.29 is 14.1 Å². The van der Waals surface area contributed by atoms with Crippen molar-refractivity contribution in [1.82, 2.24) is 4.57 Å². The van der Waals surface area contributed by atoms with Crippen LogP contribution in [-0.4, -0.2) is 16.6 Å². The van der Waals surface area contributed by atoms with E-state index in [-0.39, 0.29) is 18.6 Å². The second-order valence-corrected chi connectivity index (χ2v) is 9.18. The molecule has 4 rings (SSSR count). The van der Waals surface area contributed by atoms with Crippen molar-refractivity contribution in [2.75, 3.05) is 0 Å². The molecule has 158 valence electrons. The van der Waals surface area contributed by atoms with Crippen LogP contribution >= 0.6 is 0 Å². The summed E-state index contributed by atoms with van der Waals surface area (Å²) in [5.41, 5.74) is 3.25. The maximum Gasteiger partial charge on any atom is 0.348 e. The van der Waals surface area contributed by atoms with Gasteiger partial charge in [-0.15, -0.1) is 0 Å². The maximum absolute atomic E-state index is 13.1. The molecule has 0 amide bonds. The monoisotopic (exact) mass is 405 g/mol. The highest BCUT2D eigenvalue weighted by Crippen LogP contribution is 2.35. The van der Waals surface area contributed by atoms with Gasteiger partial charge in [0.1, 0.15) is 6.10 Å². The minimum Gasteiger partial charge on any atom is -0.459 e. The molecule has 1 aliphatic carbocycles. The third-order valence-corrected chi connectivity index (χ3v) is 6.67. The van der Waals surface area contributed by atoms with E-state index < -0.39 is 0 Å². The van der Waals surface area contributed by atoms with E-state index in [2.05, 4.69) is 61.2 Å². The lowest BCUT2D eigenvalue weighted by Crippen LogP contribution is -2.37. The first-order valence-corrected chi connectivity index (χ1v) is 11.2. The maximum atomic E-state index is 13.1. The SMILES string of the molecule is CC(C)[C@H]1CC[C@@H](C)C[C@@H]1OC(=O)Cn1c(-c2ccccc2)[n+](C)c2ccccc21. The van der Waals surface area contributed by atoms with Crippen LogP contribution < -0.4 is 4.57 Å². The molecule has 2 aromatic carbocycles. The van der Waals surface area contributed by atoms with Crippen LogP contribution in [0.25, 0.3) is 22.4 Å². The molecular weight excluding hydrogens is 372 g/mol. The summed E-state index contributed by atoms with van der Waals surface area (Å²) in [6, 6.07) is 18.5. The average Bonchev–Trinajstić information content (AvgIpc) is 3.00. The lowest BCUT2D eigenvalue weighted by Gasteiger charge is -2.36. The first-order chi connectivity index (χ1) is 14.5. The summed E-state index contributed by atoms with van der Waals surface area (Å²) in [6.07, 6.45) is 3.37. The Labute approximate surface area is 179 Å². The van der Waals surface area contributed by atoms with Gasteiger partial charge in [-0.25, -0.2) is 13.9 Å². The topological polar surface area (TPSA) is 35.1 Å². The zero-order chi connectivity index (χ0) is 21.3. The quantitative estimate of drug-likeness (QED) is 0.435. The lowest BCUT2D eigenvalue weighted by molar-refractivity contribution is -0.634. The second kappa shape index (κ2) is 8.63. The molecule has 0 aliphatic heterocycles. The molecule has 1 aromatic heterocycles. The highest BCUT2D eigenvalue weighted by molar-refractivity contribution is 5.79. The molecule has 1 aliphatic rings. The highest BCUT2D eigenvalue weighted by Gasteiger charge is 2.34. The fourth-order valence-electron chi connectivity index (χ4n) is 5.07. The van der Waals surface area contributed by atoms with Crippen molar-refractivity contribution in [2.24, 2.45) is 24.8 Å². The molecule has 0 unspecified atom stereocenters. The number of rotatable bonds is 5. The Balaban J connectivity index is 1.66. The van der Waals surface area contributed by atoms with Gasteiger partial charge < -0.3 is 4.74 Å². The van der Waals surface area contributed by atoms with Gasteiger partial charge >= 0.3 is 5.97 Å². The van der Waals surface area contributed by atoms with Crippen molar-refractivity contribution in [3.8, 4) is 11.4 Å². The fraction of sp³-hybridized carbons (Fsp3) is 0.462. The number of carbonyl (C=O) groups excluding carboxylic acids is 1. The number of ether oxygens (including phenoxy) is 1. The molecule has 1 saturated carbocycles. The third kappa shape index (κ3) is 4.00. The molecule has 0 spiro atoms. The number of aromatic nitrogens is 2. The molecule has 3 aromatic rings. The zero-order valence-electron chi connectivity index (χ0n) is 18.5. The largest absolute Gasteiger partial charge is 0.459 e. The minimum absolute atomic E-state index is 0.0250. The standard InChI is InChI=1S/C26H33N2O2/c1-18(2)21-15-14-19(3)16-24(21)30-25(29)17-28-23-13-9-8-12-22(23)27(4)26(28)20-10-6-5-7-11-20/h5-13,18-19,21,24H,14-17H2,1-4H3/q+1/t19-,21-,24+/m1/s1. The number of hydrogen-bond acceptors (Lipinski definition) is 2. The van der Waals surface area contributed by atoms with Crippen molar-refractivity contribution >= 4 is 17.0 Å². The van der Waals surface area contributed by atoms with Crippen molar-refractivity contribution in [3.63, 3.8) is 0 Å². The molecule has 0 saturated heterocycles. The Morgan fingerprint density at radius 2 is 1.80 bits per heavy atom. The number of esters is 1. The second-order valence-electron chi connectivity index (χ2n) is 9.18. The zero-order valence-corrected chi connectivity index (χ0v) is 18.5. The van der Waals surface area contributed by atoms with Gasteiger partial charge in [0.05, 0.1) is 12.6 Å². The van der Waals surface area contributed by atoms with Gasteiger partial charge in [-0.3, -0.25) is 0 Å². The van der Waals surface area contributed by atoms with E-state index in [0.717, 1.165) is 35.3 Å². The summed E-state index contributed by atoms with van der Waals surface area (Å²) < 4.78 is 10.4. The number of nitrogens with zero attached hydrogens (tertiary/aromatic N) is 2. The Kier molecular flexibility index (Phi) is 5.94. The predicted octanol–water partition coefficient (Wildman–Crippen LogP) is 5.14. The van der Waals surface area contributed by atoms with Crippen LogP contribution in [0, 0.1) is 17.8 Å². The molecule has 3 atom stereocenters. The van der Waals surface area contributed by atoms with Crippen LogP contribution in [-0.2, 0) is 23.1 Å². The highest BCUT2D eigenvalue weighted by atomic mass is 16.5. The summed E-state index contributed by atoms with van der Waals surface area (Å²) in [6.45, 7) is 6.98. The molecule has 0 bridgehead atoms. The molecule has 30 heavy (non-hydrogen) atoms. The van der Waals surface area contributed by atoms with E-state index in [1.807, 2.05) is 30.3 Å². The van der Waals surface area contributed by atoms with Crippen molar-refractivity contribution in [1.29, 1.82) is 0 Å². The molecule has 0 radical (unpaired) electrons. The van der Waals surface area contributed by atoms with Gasteiger partial charge in [-0.05, 0) is 54.9 Å². The van der Waals surface area contributed by atoms with Gasteiger partial charge in [0.2, 0.25) is 0 Å². The van der Waals surface area contributed by atoms with E-state index in [4.69, 9.17) is 4.74 Å². The first kappa shape index (κ1) is 20.6. The number of para-hydroxylation sites is 2. The van der Waals surface area contributed by atoms with Gasteiger partial charge in [0.15, 0.2) is 17.6 Å². The summed E-state index contributed by atoms with van der Waals surface area (Å²) in [5, 5.41) is 0. The third-order valence-electron chi connectivity index (χ3n) is 6.67. The number of hydrogen-bond donors (Lipinski definition) is 0. The Morgan fingerprint density at radius 3 is 2.53 bits per heavy atom. The molecular formula is C26H33N2O2+. The van der Waals surface area contributed by atoms with Crippen LogP contribution in [0.4, 0.5) is 0 Å². The summed E-state index contributed by atoms with van der Waals surface area (Å²) in [7, 11) is 2.06. The lowest BCUT2D eigenvalue weighted by atomic mass is 9.75. The van der Waals surface area contributed by atoms with Crippen LogP contribution in [0.2, 0.25) is 0 Å². The first-order valence-electron chi connectivity index (χ1n) is 11.2. The van der Waals surface area contributed by atoms with Gasteiger partial charge in [0.25, 0.3) is 5.82 Å². The normalized spacial score (nSPS) is 21.8. The van der Waals surface area contributed by atoms with Crippen molar-refractivity contribution in [3.05, 3.63) is 54.6 Å². The number of benzene rings is 2. The molecule has 1 fully saturated rings. The number of aryl methyl sites for hydroxylation is 1. The molecule has 0 N–H and O–H groups in total. The van der Waals surface area contributed by atoms with E-state index in [9.17, 15) is 4.79 Å². The molecule has 1 heterocycles. The van der Waals surface area contributed by atoms with E-state index in [1.54, 1.807) is 0 Å². The van der Waals surface area contributed by atoms with Crippen LogP contribution in [0.15, 0.2) is 54.6 Å². The van der Waals surface area contributed by atoms with Gasteiger partial charge in [0, 0.05) is 0 Å². The van der Waals surface area contributed by atoms with E-state index in [1.165, 1.54) is 6.42 Å². The molecule has 4 heteroatoms. The minimum atomic E-state index is -0.140. The average molecular weight is 406 g/mol. The summed E-state index contributed by atoms with van der Waals surface area (Å²) in [5.74, 6) is 2.48.